The SMILES string of the molecule is Cc1cccc(CNC(C)CO)c1C. The normalized spacial score (nSPS) is 12.9. The van der Waals surface area contributed by atoms with Crippen LogP contribution in [-0.2, 0) is 6.54 Å². The summed E-state index contributed by atoms with van der Waals surface area (Å²) in [7, 11) is 0. The molecule has 2 heteroatoms. The maximum Gasteiger partial charge on any atom is 0.0582 e. The average molecular weight is 193 g/mol. The molecule has 1 aromatic carbocycles. The Hall–Kier alpha value is -0.860. The van der Waals surface area contributed by atoms with Crippen LogP contribution in [0.4, 0.5) is 0 Å². The van der Waals surface area contributed by atoms with Crippen molar-refractivity contribution in [2.45, 2.75) is 33.4 Å². The van der Waals surface area contributed by atoms with Gasteiger partial charge in [-0.3, -0.25) is 0 Å². The second kappa shape index (κ2) is 5.13. The molecule has 78 valence electrons. The molecule has 0 aliphatic rings. The van der Waals surface area contributed by atoms with E-state index in [-0.39, 0.29) is 12.6 Å². The van der Waals surface area contributed by atoms with Crippen molar-refractivity contribution in [3.05, 3.63) is 34.9 Å². The minimum atomic E-state index is 0.162. The van der Waals surface area contributed by atoms with Crippen molar-refractivity contribution in [3.8, 4) is 0 Å². The van der Waals surface area contributed by atoms with Gasteiger partial charge in [-0.25, -0.2) is 0 Å². The predicted octanol–water partition coefficient (Wildman–Crippen LogP) is 1.77. The number of aliphatic hydroxyl groups excluding tert-OH is 1. The van der Waals surface area contributed by atoms with E-state index in [0.29, 0.717) is 0 Å². The number of hydrogen-bond donors (Lipinski definition) is 2. The fraction of sp³-hybridized carbons (Fsp3) is 0.500. The Bertz CT molecular complexity index is 296. The molecule has 1 unspecified atom stereocenters. The van der Waals surface area contributed by atoms with Crippen LogP contribution in [0, 0.1) is 13.8 Å². The van der Waals surface area contributed by atoms with E-state index >= 15 is 0 Å². The van der Waals surface area contributed by atoms with Crippen LogP contribution in [0.5, 0.6) is 0 Å². The molecule has 2 nitrogen and oxygen atoms in total. The van der Waals surface area contributed by atoms with E-state index in [1.54, 1.807) is 0 Å². The lowest BCUT2D eigenvalue weighted by molar-refractivity contribution is 0.251. The monoisotopic (exact) mass is 193 g/mol. The molecule has 0 bridgehead atoms. The van der Waals surface area contributed by atoms with Crippen LogP contribution in [-0.4, -0.2) is 17.8 Å². The highest BCUT2D eigenvalue weighted by molar-refractivity contribution is 5.32. The van der Waals surface area contributed by atoms with E-state index in [4.69, 9.17) is 5.11 Å². The predicted molar refractivity (Wildman–Crippen MR) is 59.3 cm³/mol. The molecule has 0 saturated heterocycles. The van der Waals surface area contributed by atoms with Crippen LogP contribution in [0.2, 0.25) is 0 Å². The average Bonchev–Trinajstić information content (AvgIpc) is 2.20. The number of aliphatic hydroxyl groups is 1. The zero-order valence-corrected chi connectivity index (χ0v) is 9.17. The Labute approximate surface area is 86.0 Å². The molecule has 0 heterocycles. The highest BCUT2D eigenvalue weighted by Crippen LogP contribution is 2.12. The largest absolute Gasteiger partial charge is 0.395 e. The molecular weight excluding hydrogens is 174 g/mol. The molecule has 1 atom stereocenters. The van der Waals surface area contributed by atoms with Crippen LogP contribution in [0.15, 0.2) is 18.2 Å². The number of nitrogens with one attached hydrogen (secondary N) is 1. The molecule has 0 fully saturated rings. The maximum atomic E-state index is 8.87. The van der Waals surface area contributed by atoms with Crippen LogP contribution >= 0.6 is 0 Å². The molecule has 0 aliphatic heterocycles. The summed E-state index contributed by atoms with van der Waals surface area (Å²) < 4.78 is 0. The standard InChI is InChI=1S/C12H19NO/c1-9-5-4-6-12(11(9)3)7-13-10(2)8-14/h4-6,10,13-14H,7-8H2,1-3H3. The van der Waals surface area contributed by atoms with E-state index in [1.807, 2.05) is 6.92 Å². The molecule has 1 rings (SSSR count). The summed E-state index contributed by atoms with van der Waals surface area (Å²) in [6.07, 6.45) is 0. The number of rotatable bonds is 4. The smallest absolute Gasteiger partial charge is 0.0582 e. The lowest BCUT2D eigenvalue weighted by atomic mass is 10.0. The van der Waals surface area contributed by atoms with Gasteiger partial charge in [0.05, 0.1) is 6.61 Å². The third-order valence-electron chi connectivity index (χ3n) is 2.63. The quantitative estimate of drug-likeness (QED) is 0.764. The third kappa shape index (κ3) is 2.82. The summed E-state index contributed by atoms with van der Waals surface area (Å²) in [5, 5.41) is 12.1. The van der Waals surface area contributed by atoms with E-state index < -0.39 is 0 Å². The molecule has 0 radical (unpaired) electrons. The Morgan fingerprint density at radius 2 is 2.07 bits per heavy atom. The number of benzene rings is 1. The highest BCUT2D eigenvalue weighted by atomic mass is 16.3. The van der Waals surface area contributed by atoms with Crippen molar-refractivity contribution in [1.29, 1.82) is 0 Å². The zero-order chi connectivity index (χ0) is 10.6. The summed E-state index contributed by atoms with van der Waals surface area (Å²) in [6, 6.07) is 6.48. The lowest BCUT2D eigenvalue weighted by Gasteiger charge is -2.13. The van der Waals surface area contributed by atoms with Crippen LogP contribution < -0.4 is 5.32 Å². The summed E-state index contributed by atoms with van der Waals surface area (Å²) in [5.41, 5.74) is 3.97. The van der Waals surface area contributed by atoms with E-state index in [0.717, 1.165) is 6.54 Å². The Kier molecular flexibility index (Phi) is 4.11. The van der Waals surface area contributed by atoms with Crippen LogP contribution in [0.25, 0.3) is 0 Å². The van der Waals surface area contributed by atoms with E-state index in [2.05, 4.69) is 37.4 Å². The number of hydrogen-bond acceptors (Lipinski definition) is 2. The molecule has 0 aromatic heterocycles. The Balaban J connectivity index is 2.63. The van der Waals surface area contributed by atoms with Gasteiger partial charge in [-0.2, -0.15) is 0 Å². The second-order valence-corrected chi connectivity index (χ2v) is 3.82. The topological polar surface area (TPSA) is 32.3 Å². The molecule has 0 spiro atoms. The van der Waals surface area contributed by atoms with Gasteiger partial charge >= 0.3 is 0 Å². The molecule has 1 aromatic rings. The summed E-state index contributed by atoms with van der Waals surface area (Å²) >= 11 is 0. The van der Waals surface area contributed by atoms with E-state index in [9.17, 15) is 0 Å². The minimum absolute atomic E-state index is 0.162. The molecular formula is C12H19NO. The van der Waals surface area contributed by atoms with Crippen molar-refractivity contribution in [2.75, 3.05) is 6.61 Å². The third-order valence-corrected chi connectivity index (χ3v) is 2.63. The van der Waals surface area contributed by atoms with Gasteiger partial charge in [-0.15, -0.1) is 0 Å². The highest BCUT2D eigenvalue weighted by Gasteiger charge is 2.02. The van der Waals surface area contributed by atoms with Gasteiger partial charge in [0.2, 0.25) is 0 Å². The van der Waals surface area contributed by atoms with Gasteiger partial charge < -0.3 is 10.4 Å². The van der Waals surface area contributed by atoms with Crippen molar-refractivity contribution in [2.24, 2.45) is 0 Å². The first-order valence-corrected chi connectivity index (χ1v) is 5.04. The van der Waals surface area contributed by atoms with Gasteiger partial charge in [-0.05, 0) is 37.5 Å². The first kappa shape index (κ1) is 11.2. The second-order valence-electron chi connectivity index (χ2n) is 3.82. The lowest BCUT2D eigenvalue weighted by Crippen LogP contribution is -2.28. The first-order chi connectivity index (χ1) is 6.65. The van der Waals surface area contributed by atoms with Crippen molar-refractivity contribution < 1.29 is 5.11 Å². The van der Waals surface area contributed by atoms with Gasteiger partial charge in [-0.1, -0.05) is 18.2 Å². The summed E-state index contributed by atoms with van der Waals surface area (Å²) in [5.74, 6) is 0. The van der Waals surface area contributed by atoms with Gasteiger partial charge in [0.25, 0.3) is 0 Å². The Morgan fingerprint density at radius 1 is 1.36 bits per heavy atom. The molecule has 0 aliphatic carbocycles. The zero-order valence-electron chi connectivity index (χ0n) is 9.17. The minimum Gasteiger partial charge on any atom is -0.395 e. The van der Waals surface area contributed by atoms with Crippen molar-refractivity contribution in [1.82, 2.24) is 5.32 Å². The number of aryl methyl sites for hydroxylation is 1. The molecule has 14 heavy (non-hydrogen) atoms. The summed E-state index contributed by atoms with van der Waals surface area (Å²) in [6.45, 7) is 7.25. The maximum absolute atomic E-state index is 8.87. The van der Waals surface area contributed by atoms with Gasteiger partial charge in [0, 0.05) is 12.6 Å². The fourth-order valence-corrected chi connectivity index (χ4v) is 1.35. The van der Waals surface area contributed by atoms with Gasteiger partial charge in [0.15, 0.2) is 0 Å². The molecule has 0 amide bonds. The van der Waals surface area contributed by atoms with E-state index in [1.165, 1.54) is 16.7 Å². The van der Waals surface area contributed by atoms with Crippen LogP contribution in [0.3, 0.4) is 0 Å². The first-order valence-electron chi connectivity index (χ1n) is 5.04. The van der Waals surface area contributed by atoms with Crippen molar-refractivity contribution in [3.63, 3.8) is 0 Å². The summed E-state index contributed by atoms with van der Waals surface area (Å²) in [4.78, 5) is 0. The molecule has 2 N–H and O–H groups in total. The molecule has 0 saturated carbocycles. The Morgan fingerprint density at radius 3 is 2.71 bits per heavy atom. The van der Waals surface area contributed by atoms with Crippen molar-refractivity contribution >= 4 is 0 Å². The van der Waals surface area contributed by atoms with Gasteiger partial charge in [0.1, 0.15) is 0 Å². The van der Waals surface area contributed by atoms with Crippen LogP contribution in [0.1, 0.15) is 23.6 Å². The fourth-order valence-electron chi connectivity index (χ4n) is 1.35.